The van der Waals surface area contributed by atoms with Crippen molar-refractivity contribution >= 4 is 35.0 Å². The standard InChI is InChI=1S/C15H16ClN5O3/c1-10(22)17-8-14(23)18-9-15(24)20-12-7-11(16)3-4-13(12)21-6-2-5-19-21/h2-7H,8-9H2,1H3,(H,17,22)(H,18,23)(H,20,24). The van der Waals surface area contributed by atoms with Gasteiger partial charge in [-0.3, -0.25) is 14.4 Å². The van der Waals surface area contributed by atoms with E-state index >= 15 is 0 Å². The van der Waals surface area contributed by atoms with E-state index in [0.717, 1.165) is 0 Å². The highest BCUT2D eigenvalue weighted by atomic mass is 35.5. The van der Waals surface area contributed by atoms with Gasteiger partial charge >= 0.3 is 0 Å². The molecule has 0 aliphatic heterocycles. The average molecular weight is 350 g/mol. The van der Waals surface area contributed by atoms with Gasteiger partial charge in [0.25, 0.3) is 0 Å². The van der Waals surface area contributed by atoms with Crippen molar-refractivity contribution in [2.75, 3.05) is 18.4 Å². The first-order valence-electron chi connectivity index (χ1n) is 7.06. The van der Waals surface area contributed by atoms with Crippen LogP contribution in [0.15, 0.2) is 36.7 Å². The molecule has 126 valence electrons. The maximum absolute atomic E-state index is 12.0. The fourth-order valence-corrected chi connectivity index (χ4v) is 2.03. The van der Waals surface area contributed by atoms with Crippen molar-refractivity contribution in [2.45, 2.75) is 6.92 Å². The number of halogens is 1. The first kappa shape index (κ1) is 17.5. The van der Waals surface area contributed by atoms with Crippen molar-refractivity contribution in [1.82, 2.24) is 20.4 Å². The summed E-state index contributed by atoms with van der Waals surface area (Å²) in [6.45, 7) is 0.887. The second-order valence-electron chi connectivity index (χ2n) is 4.85. The second-order valence-corrected chi connectivity index (χ2v) is 5.28. The molecule has 3 N–H and O–H groups in total. The number of anilines is 1. The number of nitrogens with zero attached hydrogens (tertiary/aromatic N) is 2. The highest BCUT2D eigenvalue weighted by Crippen LogP contribution is 2.23. The van der Waals surface area contributed by atoms with Crippen LogP contribution >= 0.6 is 11.6 Å². The second kappa shape index (κ2) is 8.11. The molecule has 0 bridgehead atoms. The lowest BCUT2D eigenvalue weighted by atomic mass is 10.2. The molecule has 9 heteroatoms. The Morgan fingerprint density at radius 2 is 1.92 bits per heavy atom. The molecule has 0 aliphatic carbocycles. The highest BCUT2D eigenvalue weighted by Gasteiger charge is 2.11. The van der Waals surface area contributed by atoms with Gasteiger partial charge in [0, 0.05) is 24.3 Å². The van der Waals surface area contributed by atoms with E-state index in [-0.39, 0.29) is 19.0 Å². The summed E-state index contributed by atoms with van der Waals surface area (Å²) in [6, 6.07) is 6.75. The van der Waals surface area contributed by atoms with Crippen LogP contribution in [0, 0.1) is 0 Å². The SMILES string of the molecule is CC(=O)NCC(=O)NCC(=O)Nc1cc(Cl)ccc1-n1cccn1. The molecule has 24 heavy (non-hydrogen) atoms. The Balaban J connectivity index is 1.98. The Morgan fingerprint density at radius 1 is 1.17 bits per heavy atom. The van der Waals surface area contributed by atoms with Crippen molar-refractivity contribution in [1.29, 1.82) is 0 Å². The third kappa shape index (κ3) is 5.10. The fourth-order valence-electron chi connectivity index (χ4n) is 1.86. The zero-order chi connectivity index (χ0) is 17.5. The monoisotopic (exact) mass is 349 g/mol. The molecule has 0 aliphatic rings. The van der Waals surface area contributed by atoms with E-state index in [2.05, 4.69) is 21.0 Å². The molecule has 1 aromatic carbocycles. The van der Waals surface area contributed by atoms with Gasteiger partial charge in [-0.25, -0.2) is 4.68 Å². The average Bonchev–Trinajstić information content (AvgIpc) is 3.05. The molecule has 1 aromatic heterocycles. The number of aromatic nitrogens is 2. The van der Waals surface area contributed by atoms with E-state index in [1.807, 2.05) is 0 Å². The third-order valence-corrected chi connectivity index (χ3v) is 3.16. The summed E-state index contributed by atoms with van der Waals surface area (Å²) >= 11 is 5.97. The Bertz CT molecular complexity index is 746. The van der Waals surface area contributed by atoms with Crippen LogP contribution in [-0.2, 0) is 14.4 Å². The molecule has 0 atom stereocenters. The van der Waals surface area contributed by atoms with Crippen LogP contribution in [-0.4, -0.2) is 40.6 Å². The zero-order valence-electron chi connectivity index (χ0n) is 12.9. The van der Waals surface area contributed by atoms with E-state index in [4.69, 9.17) is 11.6 Å². The van der Waals surface area contributed by atoms with Gasteiger partial charge < -0.3 is 16.0 Å². The van der Waals surface area contributed by atoms with Gasteiger partial charge in [0.15, 0.2) is 0 Å². The number of benzene rings is 1. The Labute approximate surface area is 143 Å². The minimum absolute atomic E-state index is 0.182. The smallest absolute Gasteiger partial charge is 0.243 e. The molecule has 1 heterocycles. The van der Waals surface area contributed by atoms with Crippen molar-refractivity contribution < 1.29 is 14.4 Å². The molecule has 3 amide bonds. The summed E-state index contributed by atoms with van der Waals surface area (Å²) < 4.78 is 1.58. The van der Waals surface area contributed by atoms with Crippen LogP contribution in [0.25, 0.3) is 5.69 Å². The lowest BCUT2D eigenvalue weighted by Crippen LogP contribution is -2.39. The summed E-state index contributed by atoms with van der Waals surface area (Å²) in [5, 5.41) is 12.0. The van der Waals surface area contributed by atoms with Crippen molar-refractivity contribution in [3.63, 3.8) is 0 Å². The highest BCUT2D eigenvalue weighted by molar-refractivity contribution is 6.31. The molecule has 2 aromatic rings. The van der Waals surface area contributed by atoms with Crippen LogP contribution in [0.4, 0.5) is 5.69 Å². The van der Waals surface area contributed by atoms with E-state index in [0.29, 0.717) is 16.4 Å². The summed E-state index contributed by atoms with van der Waals surface area (Å²) in [5.74, 6) is -1.21. The molecular formula is C15H16ClN5O3. The number of hydrogen-bond acceptors (Lipinski definition) is 4. The summed E-state index contributed by atoms with van der Waals surface area (Å²) in [4.78, 5) is 34.2. The predicted molar refractivity (Wildman–Crippen MR) is 88.9 cm³/mol. The summed E-state index contributed by atoms with van der Waals surface area (Å²) in [6.07, 6.45) is 3.34. The molecular weight excluding hydrogens is 334 g/mol. The van der Waals surface area contributed by atoms with E-state index in [9.17, 15) is 14.4 Å². The quantitative estimate of drug-likeness (QED) is 0.714. The maximum Gasteiger partial charge on any atom is 0.243 e. The van der Waals surface area contributed by atoms with Gasteiger partial charge in [-0.1, -0.05) is 11.6 Å². The van der Waals surface area contributed by atoms with Crippen LogP contribution in [0.5, 0.6) is 0 Å². The molecule has 0 spiro atoms. The fraction of sp³-hybridized carbons (Fsp3) is 0.200. The predicted octanol–water partition coefficient (Wildman–Crippen LogP) is 0.716. The van der Waals surface area contributed by atoms with Gasteiger partial charge in [0.05, 0.1) is 24.5 Å². The number of nitrogens with one attached hydrogen (secondary N) is 3. The van der Waals surface area contributed by atoms with Crippen LogP contribution in [0.2, 0.25) is 5.02 Å². The first-order valence-corrected chi connectivity index (χ1v) is 7.44. The van der Waals surface area contributed by atoms with E-state index in [1.165, 1.54) is 6.92 Å². The number of rotatable bonds is 6. The Morgan fingerprint density at radius 3 is 2.58 bits per heavy atom. The van der Waals surface area contributed by atoms with Gasteiger partial charge in [0.2, 0.25) is 17.7 Å². The first-order chi connectivity index (χ1) is 11.5. The summed E-state index contributed by atoms with van der Waals surface area (Å²) in [7, 11) is 0. The van der Waals surface area contributed by atoms with Gasteiger partial charge in [-0.15, -0.1) is 0 Å². The summed E-state index contributed by atoms with van der Waals surface area (Å²) in [5.41, 5.74) is 1.11. The van der Waals surface area contributed by atoms with E-state index in [1.54, 1.807) is 41.3 Å². The normalized spacial score (nSPS) is 10.1. The largest absolute Gasteiger partial charge is 0.347 e. The molecule has 0 radical (unpaired) electrons. The number of carbonyl (C=O) groups is 3. The van der Waals surface area contributed by atoms with Crippen molar-refractivity contribution in [2.24, 2.45) is 0 Å². The maximum atomic E-state index is 12.0. The molecule has 0 fully saturated rings. The molecule has 8 nitrogen and oxygen atoms in total. The third-order valence-electron chi connectivity index (χ3n) is 2.93. The van der Waals surface area contributed by atoms with Gasteiger partial charge in [0.1, 0.15) is 0 Å². The Hall–Kier alpha value is -2.87. The minimum atomic E-state index is -0.459. The van der Waals surface area contributed by atoms with Crippen LogP contribution in [0.1, 0.15) is 6.92 Å². The molecule has 2 rings (SSSR count). The lowest BCUT2D eigenvalue weighted by molar-refractivity contribution is -0.126. The minimum Gasteiger partial charge on any atom is -0.347 e. The molecule has 0 saturated carbocycles. The lowest BCUT2D eigenvalue weighted by Gasteiger charge is -2.12. The Kier molecular flexibility index (Phi) is 5.91. The van der Waals surface area contributed by atoms with E-state index < -0.39 is 11.8 Å². The molecule has 0 saturated heterocycles. The number of amides is 3. The van der Waals surface area contributed by atoms with Gasteiger partial charge in [-0.05, 0) is 24.3 Å². The van der Waals surface area contributed by atoms with Crippen LogP contribution < -0.4 is 16.0 Å². The van der Waals surface area contributed by atoms with Crippen molar-refractivity contribution in [3.8, 4) is 5.69 Å². The van der Waals surface area contributed by atoms with Gasteiger partial charge in [-0.2, -0.15) is 5.10 Å². The van der Waals surface area contributed by atoms with Crippen LogP contribution in [0.3, 0.4) is 0 Å². The number of hydrogen-bond donors (Lipinski definition) is 3. The molecule has 0 unspecified atom stereocenters. The zero-order valence-corrected chi connectivity index (χ0v) is 13.6. The number of carbonyl (C=O) groups excluding carboxylic acids is 3. The topological polar surface area (TPSA) is 105 Å². The van der Waals surface area contributed by atoms with Crippen molar-refractivity contribution in [3.05, 3.63) is 41.7 Å².